The lowest BCUT2D eigenvalue weighted by Crippen LogP contribution is -2.38. The number of carboxylic acids is 1. The van der Waals surface area contributed by atoms with Crippen molar-refractivity contribution in [2.24, 2.45) is 0 Å². The number of ether oxygens (including phenoxy) is 1. The number of carboxylic acid groups (broad SMARTS) is 1. The molecule has 1 saturated carbocycles. The number of rotatable bonds is 6. The molecule has 1 fully saturated rings. The number of aliphatic carboxylic acids is 1. The van der Waals surface area contributed by atoms with Crippen LogP contribution in [0.25, 0.3) is 0 Å². The van der Waals surface area contributed by atoms with Crippen LogP contribution in [0, 0.1) is 11.6 Å². The molecule has 0 aliphatic heterocycles. The van der Waals surface area contributed by atoms with E-state index in [2.05, 4.69) is 5.32 Å². The summed E-state index contributed by atoms with van der Waals surface area (Å²) in [5.74, 6) is -2.47. The van der Waals surface area contributed by atoms with Crippen LogP contribution in [0.3, 0.4) is 0 Å². The lowest BCUT2D eigenvalue weighted by atomic mass is 9.77. The van der Waals surface area contributed by atoms with Crippen LogP contribution in [0.4, 0.5) is 14.5 Å². The molecule has 2 N–H and O–H groups in total. The zero-order valence-corrected chi connectivity index (χ0v) is 14.5. The molecule has 5 nitrogen and oxygen atoms in total. The van der Waals surface area contributed by atoms with Gasteiger partial charge in [-0.25, -0.2) is 13.6 Å². The molecule has 1 amide bonds. The minimum Gasteiger partial charge on any atom is -0.482 e. The van der Waals surface area contributed by atoms with Gasteiger partial charge in [0.1, 0.15) is 17.4 Å². The average molecular weight is 375 g/mol. The fourth-order valence-electron chi connectivity index (χ4n) is 3.51. The van der Waals surface area contributed by atoms with Gasteiger partial charge in [0, 0.05) is 17.3 Å². The molecule has 0 atom stereocenters. The molecule has 1 aliphatic carbocycles. The first-order valence-electron chi connectivity index (χ1n) is 8.62. The Kier molecular flexibility index (Phi) is 5.39. The molecule has 0 bridgehead atoms. The van der Waals surface area contributed by atoms with Gasteiger partial charge in [-0.1, -0.05) is 18.9 Å². The van der Waals surface area contributed by atoms with E-state index >= 15 is 0 Å². The number of halogens is 2. The van der Waals surface area contributed by atoms with Crippen LogP contribution in [0.2, 0.25) is 0 Å². The summed E-state index contributed by atoms with van der Waals surface area (Å²) in [4.78, 5) is 23.5. The largest absolute Gasteiger partial charge is 0.482 e. The molecule has 3 rings (SSSR count). The van der Waals surface area contributed by atoms with Crippen LogP contribution in [-0.2, 0) is 15.0 Å². The summed E-state index contributed by atoms with van der Waals surface area (Å²) in [7, 11) is 0. The first-order valence-corrected chi connectivity index (χ1v) is 8.62. The fourth-order valence-corrected chi connectivity index (χ4v) is 3.51. The maximum absolute atomic E-state index is 14.4. The predicted octanol–water partition coefficient (Wildman–Crippen LogP) is 3.88. The van der Waals surface area contributed by atoms with E-state index in [0.29, 0.717) is 24.3 Å². The highest BCUT2D eigenvalue weighted by Crippen LogP contribution is 2.43. The number of carbonyl (C=O) groups excluding carboxylic acids is 1. The molecule has 2 aromatic carbocycles. The molecular formula is C20H19F2NO4. The van der Waals surface area contributed by atoms with Crippen molar-refractivity contribution in [2.75, 3.05) is 11.9 Å². The number of amides is 1. The van der Waals surface area contributed by atoms with Crippen molar-refractivity contribution in [1.82, 2.24) is 0 Å². The second-order valence-corrected chi connectivity index (χ2v) is 6.57. The molecule has 142 valence electrons. The normalized spacial score (nSPS) is 15.3. The van der Waals surface area contributed by atoms with Gasteiger partial charge in [-0.15, -0.1) is 0 Å². The summed E-state index contributed by atoms with van der Waals surface area (Å²) in [6.07, 6.45) is 2.54. The summed E-state index contributed by atoms with van der Waals surface area (Å²) in [6.45, 7) is -0.460. The van der Waals surface area contributed by atoms with Gasteiger partial charge in [-0.05, 0) is 43.2 Å². The van der Waals surface area contributed by atoms with Gasteiger partial charge in [0.15, 0.2) is 6.61 Å². The van der Waals surface area contributed by atoms with Gasteiger partial charge in [0.2, 0.25) is 5.91 Å². The summed E-state index contributed by atoms with van der Waals surface area (Å²) >= 11 is 0. The Morgan fingerprint density at radius 1 is 1.07 bits per heavy atom. The number of nitrogens with one attached hydrogen (secondary N) is 1. The fraction of sp³-hybridized carbons (Fsp3) is 0.300. The van der Waals surface area contributed by atoms with Gasteiger partial charge in [0.05, 0.1) is 5.41 Å². The van der Waals surface area contributed by atoms with Crippen molar-refractivity contribution in [3.05, 3.63) is 59.7 Å². The number of benzene rings is 2. The summed E-state index contributed by atoms with van der Waals surface area (Å²) < 4.78 is 32.7. The van der Waals surface area contributed by atoms with Gasteiger partial charge in [0.25, 0.3) is 0 Å². The standard InChI is InChI=1S/C20H19F2NO4/c21-13-3-8-16(17(22)11-13)20(9-1-2-10-20)19(26)23-14-4-6-15(7-5-14)27-12-18(24)25/h3-8,11H,1-2,9-10,12H2,(H,23,26)(H,24,25). The Morgan fingerprint density at radius 2 is 1.74 bits per heavy atom. The SMILES string of the molecule is O=C(O)COc1ccc(NC(=O)C2(c3ccc(F)cc3F)CCCC2)cc1. The molecule has 27 heavy (non-hydrogen) atoms. The van der Waals surface area contributed by atoms with Gasteiger partial charge in [-0.2, -0.15) is 0 Å². The van der Waals surface area contributed by atoms with Crippen molar-refractivity contribution in [2.45, 2.75) is 31.1 Å². The smallest absolute Gasteiger partial charge is 0.341 e. The molecule has 0 saturated heterocycles. The van der Waals surface area contributed by atoms with Crippen molar-refractivity contribution >= 4 is 17.6 Å². The maximum atomic E-state index is 14.4. The van der Waals surface area contributed by atoms with Crippen molar-refractivity contribution in [3.8, 4) is 5.75 Å². The Morgan fingerprint density at radius 3 is 2.33 bits per heavy atom. The van der Waals surface area contributed by atoms with Crippen molar-refractivity contribution < 1.29 is 28.2 Å². The quantitative estimate of drug-likeness (QED) is 0.804. The first kappa shape index (κ1) is 18.8. The Bertz CT molecular complexity index is 846. The summed E-state index contributed by atoms with van der Waals surface area (Å²) in [6, 6.07) is 9.56. The van der Waals surface area contributed by atoms with Crippen LogP contribution in [0.15, 0.2) is 42.5 Å². The second kappa shape index (κ2) is 7.73. The molecule has 0 radical (unpaired) electrons. The van der Waals surface area contributed by atoms with Crippen LogP contribution in [-0.4, -0.2) is 23.6 Å². The third kappa shape index (κ3) is 4.07. The topological polar surface area (TPSA) is 75.6 Å². The number of carbonyl (C=O) groups is 2. The molecule has 0 unspecified atom stereocenters. The van der Waals surface area contributed by atoms with Gasteiger partial charge >= 0.3 is 5.97 Å². The third-order valence-electron chi connectivity index (χ3n) is 4.81. The molecule has 0 spiro atoms. The molecular weight excluding hydrogens is 356 g/mol. The van der Waals surface area contributed by atoms with Crippen LogP contribution < -0.4 is 10.1 Å². The number of hydrogen-bond donors (Lipinski definition) is 2. The van der Waals surface area contributed by atoms with Crippen molar-refractivity contribution in [1.29, 1.82) is 0 Å². The van der Waals surface area contributed by atoms with Crippen LogP contribution in [0.5, 0.6) is 5.75 Å². The maximum Gasteiger partial charge on any atom is 0.341 e. The minimum absolute atomic E-state index is 0.209. The van der Waals surface area contributed by atoms with E-state index < -0.39 is 29.6 Å². The first-order chi connectivity index (χ1) is 12.9. The highest BCUT2D eigenvalue weighted by molar-refractivity contribution is 5.99. The molecule has 7 heteroatoms. The zero-order chi connectivity index (χ0) is 19.4. The van der Waals surface area contributed by atoms with E-state index in [4.69, 9.17) is 9.84 Å². The van der Waals surface area contributed by atoms with E-state index in [1.165, 1.54) is 12.1 Å². The third-order valence-corrected chi connectivity index (χ3v) is 4.81. The van der Waals surface area contributed by atoms with E-state index in [-0.39, 0.29) is 11.5 Å². The van der Waals surface area contributed by atoms with Crippen LogP contribution >= 0.6 is 0 Å². The number of hydrogen-bond acceptors (Lipinski definition) is 3. The molecule has 0 heterocycles. The van der Waals surface area contributed by atoms with E-state index in [9.17, 15) is 18.4 Å². The van der Waals surface area contributed by atoms with Crippen molar-refractivity contribution in [3.63, 3.8) is 0 Å². The number of anilines is 1. The molecule has 2 aromatic rings. The molecule has 1 aliphatic rings. The van der Waals surface area contributed by atoms with E-state index in [1.54, 1.807) is 24.3 Å². The van der Waals surface area contributed by atoms with E-state index in [1.807, 2.05) is 0 Å². The second-order valence-electron chi connectivity index (χ2n) is 6.57. The lowest BCUT2D eigenvalue weighted by molar-refractivity contribution is -0.139. The predicted molar refractivity (Wildman–Crippen MR) is 94.7 cm³/mol. The zero-order valence-electron chi connectivity index (χ0n) is 14.5. The highest BCUT2D eigenvalue weighted by Gasteiger charge is 2.44. The van der Waals surface area contributed by atoms with Crippen LogP contribution in [0.1, 0.15) is 31.2 Å². The summed E-state index contributed by atoms with van der Waals surface area (Å²) in [5, 5.41) is 11.4. The average Bonchev–Trinajstić information content (AvgIpc) is 3.12. The summed E-state index contributed by atoms with van der Waals surface area (Å²) in [5.41, 5.74) is -0.340. The Balaban J connectivity index is 1.79. The lowest BCUT2D eigenvalue weighted by Gasteiger charge is -2.28. The van der Waals surface area contributed by atoms with E-state index in [0.717, 1.165) is 18.9 Å². The Labute approximate surface area is 155 Å². The highest BCUT2D eigenvalue weighted by atomic mass is 19.1. The molecule has 0 aromatic heterocycles. The minimum atomic E-state index is -1.09. The monoisotopic (exact) mass is 375 g/mol. The van der Waals surface area contributed by atoms with Gasteiger partial charge < -0.3 is 15.2 Å². The Hall–Kier alpha value is -2.96. The van der Waals surface area contributed by atoms with Gasteiger partial charge in [-0.3, -0.25) is 4.79 Å².